The van der Waals surface area contributed by atoms with E-state index in [-0.39, 0.29) is 22.6 Å². The molecule has 174 valence electrons. The first-order valence-electron chi connectivity index (χ1n) is 9.62. The van der Waals surface area contributed by atoms with Crippen molar-refractivity contribution in [2.24, 2.45) is 0 Å². The lowest BCUT2D eigenvalue weighted by Gasteiger charge is -2.20. The van der Waals surface area contributed by atoms with Gasteiger partial charge in [0.25, 0.3) is 5.91 Å². The molecule has 1 atom stereocenters. The average Bonchev–Trinajstić information content (AvgIpc) is 3.24. The molecule has 34 heavy (non-hydrogen) atoms. The lowest BCUT2D eigenvalue weighted by atomic mass is 10.0. The first-order valence-corrected chi connectivity index (χ1v) is 9.62. The Labute approximate surface area is 188 Å². The minimum atomic E-state index is -4.87. The number of hydrogen-bond acceptors (Lipinski definition) is 6. The number of aromatic nitrogens is 3. The Balaban J connectivity index is 1.60. The van der Waals surface area contributed by atoms with E-state index >= 15 is 0 Å². The zero-order valence-corrected chi connectivity index (χ0v) is 17.0. The van der Waals surface area contributed by atoms with Gasteiger partial charge in [-0.25, -0.2) is 9.18 Å². The van der Waals surface area contributed by atoms with Crippen LogP contribution in [0.25, 0.3) is 11.4 Å². The lowest BCUT2D eigenvalue weighted by Crippen LogP contribution is -2.30. The number of amides is 1. The van der Waals surface area contributed by atoms with Gasteiger partial charge in [-0.05, 0) is 42.0 Å². The number of aromatic amines is 1. The predicted octanol–water partition coefficient (Wildman–Crippen LogP) is 3.98. The lowest BCUT2D eigenvalue weighted by molar-refractivity contribution is -0.274. The molecule has 0 radical (unpaired) electrons. The van der Waals surface area contributed by atoms with Crippen molar-refractivity contribution in [3.63, 3.8) is 0 Å². The molecule has 4 rings (SSSR count). The van der Waals surface area contributed by atoms with Crippen molar-refractivity contribution in [1.29, 1.82) is 0 Å². The van der Waals surface area contributed by atoms with E-state index < -0.39 is 35.6 Å². The molecule has 8 nitrogen and oxygen atoms in total. The summed E-state index contributed by atoms with van der Waals surface area (Å²) in [4.78, 5) is 31.6. The maximum atomic E-state index is 14.5. The molecule has 1 amide bonds. The molecule has 0 aliphatic heterocycles. The molecule has 0 bridgehead atoms. The number of pyridine rings is 1. The molecule has 2 aromatic heterocycles. The third kappa shape index (κ3) is 5.28. The van der Waals surface area contributed by atoms with Gasteiger partial charge in [-0.2, -0.15) is 10.1 Å². The summed E-state index contributed by atoms with van der Waals surface area (Å²) in [6.07, 6.45) is -3.54. The van der Waals surface area contributed by atoms with Crippen molar-refractivity contribution in [3.8, 4) is 17.1 Å². The second-order valence-corrected chi connectivity index (χ2v) is 6.90. The fraction of sp³-hybridized carbons (Fsp3) is 0.0909. The molecule has 0 spiro atoms. The van der Waals surface area contributed by atoms with Gasteiger partial charge in [0.2, 0.25) is 0 Å². The van der Waals surface area contributed by atoms with Crippen LogP contribution in [-0.4, -0.2) is 27.4 Å². The van der Waals surface area contributed by atoms with Crippen molar-refractivity contribution in [1.82, 2.24) is 20.4 Å². The van der Waals surface area contributed by atoms with Crippen LogP contribution in [0.3, 0.4) is 0 Å². The van der Waals surface area contributed by atoms with E-state index in [2.05, 4.69) is 29.7 Å². The third-order valence-electron chi connectivity index (χ3n) is 4.64. The Morgan fingerprint density at radius 2 is 1.76 bits per heavy atom. The predicted molar refractivity (Wildman–Crippen MR) is 109 cm³/mol. The van der Waals surface area contributed by atoms with Crippen LogP contribution >= 0.6 is 0 Å². The van der Waals surface area contributed by atoms with E-state index in [1.165, 1.54) is 48.7 Å². The summed E-state index contributed by atoms with van der Waals surface area (Å²) in [5.74, 6) is -2.42. The molecular weight excluding hydrogens is 460 g/mol. The summed E-state index contributed by atoms with van der Waals surface area (Å²) in [5.41, 5.74) is 0.817. The van der Waals surface area contributed by atoms with E-state index in [0.717, 1.165) is 18.2 Å². The molecule has 0 fully saturated rings. The van der Waals surface area contributed by atoms with E-state index in [1.54, 1.807) is 0 Å². The van der Waals surface area contributed by atoms with Crippen LogP contribution in [0.2, 0.25) is 0 Å². The SMILES string of the molecule is O=C(NC(c1ccc(OC(F)(F)F)cc1)c1ncccc1F)c1ccc(-c2nc(=O)o[nH]2)cc1. The van der Waals surface area contributed by atoms with Crippen LogP contribution in [0.5, 0.6) is 5.75 Å². The number of ether oxygens (including phenoxy) is 1. The highest BCUT2D eigenvalue weighted by molar-refractivity contribution is 5.95. The van der Waals surface area contributed by atoms with Crippen molar-refractivity contribution in [3.05, 3.63) is 100 Å². The number of alkyl halides is 3. The molecule has 0 saturated heterocycles. The number of halogens is 4. The van der Waals surface area contributed by atoms with Crippen LogP contribution in [0.1, 0.15) is 27.7 Å². The van der Waals surface area contributed by atoms with Crippen LogP contribution in [0.15, 0.2) is 76.2 Å². The smallest absolute Gasteiger partial charge is 0.406 e. The number of nitrogens with one attached hydrogen (secondary N) is 2. The number of carbonyl (C=O) groups excluding carboxylic acids is 1. The highest BCUT2D eigenvalue weighted by Gasteiger charge is 2.31. The number of hydrogen-bond donors (Lipinski definition) is 2. The van der Waals surface area contributed by atoms with E-state index in [1.807, 2.05) is 0 Å². The second-order valence-electron chi connectivity index (χ2n) is 6.90. The monoisotopic (exact) mass is 474 g/mol. The number of carbonyl (C=O) groups is 1. The van der Waals surface area contributed by atoms with Crippen molar-refractivity contribution in [2.75, 3.05) is 0 Å². The maximum Gasteiger partial charge on any atom is 0.573 e. The van der Waals surface area contributed by atoms with Crippen molar-refractivity contribution in [2.45, 2.75) is 12.4 Å². The van der Waals surface area contributed by atoms with Gasteiger partial charge < -0.3 is 14.6 Å². The minimum absolute atomic E-state index is 0.128. The highest BCUT2D eigenvalue weighted by atomic mass is 19.4. The molecule has 2 aromatic carbocycles. The number of benzene rings is 2. The second kappa shape index (κ2) is 9.17. The summed E-state index contributed by atoms with van der Waals surface area (Å²) in [6.45, 7) is 0. The van der Waals surface area contributed by atoms with E-state index in [4.69, 9.17) is 0 Å². The summed E-state index contributed by atoms with van der Waals surface area (Å²) in [6, 6.07) is 12.0. The van der Waals surface area contributed by atoms with Gasteiger partial charge in [-0.1, -0.05) is 24.3 Å². The van der Waals surface area contributed by atoms with Crippen LogP contribution < -0.4 is 15.8 Å². The summed E-state index contributed by atoms with van der Waals surface area (Å²) < 4.78 is 60.2. The molecule has 2 heterocycles. The Morgan fingerprint density at radius 1 is 1.06 bits per heavy atom. The number of H-pyrrole nitrogens is 1. The fourth-order valence-corrected chi connectivity index (χ4v) is 3.13. The molecule has 0 saturated carbocycles. The molecular formula is C22H14F4N4O4. The zero-order chi connectivity index (χ0) is 24.3. The van der Waals surface area contributed by atoms with Crippen LogP contribution in [0.4, 0.5) is 17.6 Å². The van der Waals surface area contributed by atoms with Crippen molar-refractivity contribution >= 4 is 5.91 Å². The molecule has 12 heteroatoms. The first kappa shape index (κ1) is 22.7. The van der Waals surface area contributed by atoms with Gasteiger partial charge in [0.1, 0.15) is 17.3 Å². The molecule has 2 N–H and O–H groups in total. The highest BCUT2D eigenvalue weighted by Crippen LogP contribution is 2.28. The van der Waals surface area contributed by atoms with Crippen LogP contribution in [-0.2, 0) is 0 Å². The topological polar surface area (TPSA) is 110 Å². The van der Waals surface area contributed by atoms with Gasteiger partial charge in [0.15, 0.2) is 5.82 Å². The normalized spacial score (nSPS) is 12.2. The van der Waals surface area contributed by atoms with Gasteiger partial charge in [0.05, 0.1) is 6.04 Å². The van der Waals surface area contributed by atoms with Gasteiger partial charge in [-0.3, -0.25) is 9.78 Å². The average molecular weight is 474 g/mol. The Hall–Kier alpha value is -4.48. The van der Waals surface area contributed by atoms with Crippen LogP contribution in [0, 0.1) is 5.82 Å². The first-order chi connectivity index (χ1) is 16.2. The van der Waals surface area contributed by atoms with Crippen molar-refractivity contribution < 1.29 is 31.6 Å². The van der Waals surface area contributed by atoms with E-state index in [0.29, 0.717) is 5.56 Å². The standard InChI is InChI=1S/C22H14F4N4O4/c23-16-2-1-11-27-18(16)17(12-7-9-15(10-8-12)33-22(24,25)26)28-20(31)14-5-3-13(4-6-14)19-29-21(32)34-30-19/h1-11,17H,(H,28,31)(H,29,30,32). The molecule has 0 aliphatic carbocycles. The quantitative estimate of drug-likeness (QED) is 0.409. The molecule has 1 unspecified atom stereocenters. The Bertz CT molecular complexity index is 1350. The Kier molecular flexibility index (Phi) is 6.13. The number of nitrogens with zero attached hydrogens (tertiary/aromatic N) is 2. The maximum absolute atomic E-state index is 14.5. The third-order valence-corrected chi connectivity index (χ3v) is 4.64. The fourth-order valence-electron chi connectivity index (χ4n) is 3.13. The van der Waals surface area contributed by atoms with Gasteiger partial charge in [-0.15, -0.1) is 13.2 Å². The summed E-state index contributed by atoms with van der Waals surface area (Å²) in [7, 11) is 0. The summed E-state index contributed by atoms with van der Waals surface area (Å²) >= 11 is 0. The van der Waals surface area contributed by atoms with Gasteiger partial charge >= 0.3 is 12.1 Å². The summed E-state index contributed by atoms with van der Waals surface area (Å²) in [5, 5.41) is 4.98. The van der Waals surface area contributed by atoms with Gasteiger partial charge in [0, 0.05) is 17.3 Å². The molecule has 0 aliphatic rings. The zero-order valence-electron chi connectivity index (χ0n) is 17.0. The van der Waals surface area contributed by atoms with E-state index in [9.17, 15) is 27.2 Å². The number of rotatable bonds is 6. The molecule has 4 aromatic rings. The largest absolute Gasteiger partial charge is 0.573 e. The Morgan fingerprint density at radius 3 is 2.35 bits per heavy atom. The minimum Gasteiger partial charge on any atom is -0.406 e.